The van der Waals surface area contributed by atoms with Crippen molar-refractivity contribution in [1.82, 2.24) is 5.32 Å². The number of benzene rings is 2. The molecule has 0 aliphatic carbocycles. The summed E-state index contributed by atoms with van der Waals surface area (Å²) in [5.74, 6) is 1.08. The normalized spacial score (nSPS) is 10.5. The molecule has 0 atom stereocenters. The van der Waals surface area contributed by atoms with Crippen molar-refractivity contribution >= 4 is 52.1 Å². The Morgan fingerprint density at radius 2 is 1.97 bits per heavy atom. The molecule has 0 spiro atoms. The molecule has 9 heteroatoms. The highest BCUT2D eigenvalue weighted by Gasteiger charge is 2.14. The minimum Gasteiger partial charge on any atom is -0.496 e. The number of hydrogen-bond acceptors (Lipinski definition) is 5. The first-order valence-electron chi connectivity index (χ1n) is 8.36. The molecule has 0 saturated carbocycles. The number of nitrogens with one attached hydrogen (secondary N) is 2. The molecule has 29 heavy (non-hydrogen) atoms. The van der Waals surface area contributed by atoms with Gasteiger partial charge < -0.3 is 19.6 Å². The minimum absolute atomic E-state index is 0.0904. The van der Waals surface area contributed by atoms with Crippen LogP contribution in [0.15, 0.2) is 52.9 Å². The summed E-state index contributed by atoms with van der Waals surface area (Å²) in [7, 11) is 1.54. The zero-order chi connectivity index (χ0) is 21.0. The van der Waals surface area contributed by atoms with E-state index in [1.807, 2.05) is 0 Å². The number of ether oxygens (including phenoxy) is 1. The number of halogens is 2. The summed E-state index contributed by atoms with van der Waals surface area (Å²) in [6, 6.07) is 13.2. The van der Waals surface area contributed by atoms with Crippen LogP contribution in [0.1, 0.15) is 16.1 Å². The van der Waals surface area contributed by atoms with Gasteiger partial charge in [0.15, 0.2) is 5.11 Å². The van der Waals surface area contributed by atoms with Gasteiger partial charge in [0.25, 0.3) is 5.91 Å². The predicted molar refractivity (Wildman–Crippen MR) is 117 cm³/mol. The summed E-state index contributed by atoms with van der Waals surface area (Å²) in [6.07, 6.45) is 0. The van der Waals surface area contributed by atoms with Gasteiger partial charge in [-0.1, -0.05) is 23.2 Å². The van der Waals surface area contributed by atoms with Gasteiger partial charge in [-0.15, -0.1) is 0 Å². The zero-order valence-electron chi connectivity index (χ0n) is 15.2. The fourth-order valence-electron chi connectivity index (χ4n) is 2.59. The number of hydrogen-bond donors (Lipinski definition) is 3. The minimum atomic E-state index is -0.462. The van der Waals surface area contributed by atoms with E-state index in [0.717, 1.165) is 0 Å². The zero-order valence-corrected chi connectivity index (χ0v) is 17.5. The van der Waals surface area contributed by atoms with Gasteiger partial charge in [-0.25, -0.2) is 0 Å². The number of amides is 1. The highest BCUT2D eigenvalue weighted by Crippen LogP contribution is 2.33. The quantitative estimate of drug-likeness (QED) is 0.480. The molecule has 0 saturated heterocycles. The molecule has 3 rings (SSSR count). The Hall–Kier alpha value is -2.58. The van der Waals surface area contributed by atoms with Crippen molar-refractivity contribution in [3.8, 4) is 17.1 Å². The lowest BCUT2D eigenvalue weighted by atomic mass is 10.1. The lowest BCUT2D eigenvalue weighted by Crippen LogP contribution is -2.34. The van der Waals surface area contributed by atoms with E-state index >= 15 is 0 Å². The van der Waals surface area contributed by atoms with Crippen LogP contribution in [-0.2, 0) is 6.61 Å². The molecule has 1 aromatic heterocycles. The molecule has 0 radical (unpaired) electrons. The molecule has 2 aromatic carbocycles. The topological polar surface area (TPSA) is 83.7 Å². The maximum Gasteiger partial charge on any atom is 0.258 e. The molecule has 0 fully saturated rings. The summed E-state index contributed by atoms with van der Waals surface area (Å²) < 4.78 is 11.0. The van der Waals surface area contributed by atoms with Gasteiger partial charge in [0.1, 0.15) is 23.9 Å². The second-order valence-corrected chi connectivity index (χ2v) is 7.12. The summed E-state index contributed by atoms with van der Waals surface area (Å²) in [5, 5.41) is 15.5. The van der Waals surface area contributed by atoms with E-state index in [9.17, 15) is 9.90 Å². The van der Waals surface area contributed by atoms with Crippen LogP contribution in [-0.4, -0.2) is 23.2 Å². The fourth-order valence-corrected chi connectivity index (χ4v) is 3.30. The largest absolute Gasteiger partial charge is 0.496 e. The van der Waals surface area contributed by atoms with E-state index in [4.69, 9.17) is 44.6 Å². The first-order valence-corrected chi connectivity index (χ1v) is 9.53. The van der Waals surface area contributed by atoms with Crippen LogP contribution in [0.25, 0.3) is 11.3 Å². The molecule has 0 aliphatic rings. The third kappa shape index (κ3) is 5.07. The van der Waals surface area contributed by atoms with Crippen LogP contribution in [0.4, 0.5) is 5.69 Å². The number of thiocarbonyl (C=S) groups is 1. The van der Waals surface area contributed by atoms with Crippen LogP contribution < -0.4 is 15.4 Å². The Kier molecular flexibility index (Phi) is 6.76. The van der Waals surface area contributed by atoms with E-state index in [-0.39, 0.29) is 22.3 Å². The highest BCUT2D eigenvalue weighted by molar-refractivity contribution is 7.80. The van der Waals surface area contributed by atoms with Crippen molar-refractivity contribution in [1.29, 1.82) is 0 Å². The number of rotatable bonds is 5. The Morgan fingerprint density at radius 3 is 2.62 bits per heavy atom. The van der Waals surface area contributed by atoms with Crippen molar-refractivity contribution in [2.45, 2.75) is 6.61 Å². The molecule has 3 aromatic rings. The average Bonchev–Trinajstić information content (AvgIpc) is 3.16. The van der Waals surface area contributed by atoms with Gasteiger partial charge in [-0.3, -0.25) is 10.1 Å². The van der Waals surface area contributed by atoms with Crippen molar-refractivity contribution in [3.63, 3.8) is 0 Å². The number of carbonyl (C=O) groups is 1. The lowest BCUT2D eigenvalue weighted by molar-refractivity contribution is 0.0978. The number of methoxy groups -OCH3 is 1. The number of aliphatic hydroxyl groups excluding tert-OH is 1. The van der Waals surface area contributed by atoms with Gasteiger partial charge in [0, 0.05) is 10.7 Å². The maximum absolute atomic E-state index is 12.4. The fraction of sp³-hybridized carbons (Fsp3) is 0.100. The molecule has 1 amide bonds. The number of aliphatic hydroxyl groups is 1. The average molecular weight is 451 g/mol. The van der Waals surface area contributed by atoms with Gasteiger partial charge in [0.05, 0.1) is 23.3 Å². The summed E-state index contributed by atoms with van der Waals surface area (Å²) in [4.78, 5) is 12.4. The molecule has 0 aliphatic heterocycles. The number of carbonyl (C=O) groups excluding carboxylic acids is 1. The summed E-state index contributed by atoms with van der Waals surface area (Å²) >= 11 is 17.1. The molecule has 0 bridgehead atoms. The first kappa shape index (κ1) is 21.1. The number of furan rings is 1. The maximum atomic E-state index is 12.4. The van der Waals surface area contributed by atoms with Crippen molar-refractivity contribution in [2.75, 3.05) is 12.4 Å². The van der Waals surface area contributed by atoms with E-state index in [1.165, 1.54) is 12.1 Å². The van der Waals surface area contributed by atoms with Gasteiger partial charge in [0.2, 0.25) is 0 Å². The molecule has 0 unspecified atom stereocenters. The van der Waals surface area contributed by atoms with E-state index < -0.39 is 5.91 Å². The van der Waals surface area contributed by atoms with E-state index in [2.05, 4.69) is 10.6 Å². The molecular formula is C20H16Cl2N2O4S. The summed E-state index contributed by atoms with van der Waals surface area (Å²) in [5.41, 5.74) is 1.52. The SMILES string of the molecule is COc1ccc(NC(=S)NC(=O)c2ccc(Cl)cc2Cl)cc1-c1ccc(CO)o1. The second kappa shape index (κ2) is 9.28. The molecule has 1 heterocycles. The van der Waals surface area contributed by atoms with Crippen LogP contribution in [0.3, 0.4) is 0 Å². The Bertz CT molecular complexity index is 1070. The van der Waals surface area contributed by atoms with Crippen LogP contribution in [0, 0.1) is 0 Å². The van der Waals surface area contributed by atoms with Crippen LogP contribution in [0.2, 0.25) is 10.0 Å². The lowest BCUT2D eigenvalue weighted by Gasteiger charge is -2.13. The molecule has 6 nitrogen and oxygen atoms in total. The highest BCUT2D eigenvalue weighted by atomic mass is 35.5. The smallest absolute Gasteiger partial charge is 0.258 e. The second-order valence-electron chi connectivity index (χ2n) is 5.87. The third-order valence-electron chi connectivity index (χ3n) is 3.94. The predicted octanol–water partition coefficient (Wildman–Crippen LogP) is 4.88. The molecule has 3 N–H and O–H groups in total. The Balaban J connectivity index is 1.76. The summed E-state index contributed by atoms with van der Waals surface area (Å²) in [6.45, 7) is -0.205. The number of anilines is 1. The molecular weight excluding hydrogens is 435 g/mol. The van der Waals surface area contributed by atoms with E-state index in [0.29, 0.717) is 33.5 Å². The van der Waals surface area contributed by atoms with Crippen LogP contribution in [0.5, 0.6) is 5.75 Å². The Morgan fingerprint density at radius 1 is 1.17 bits per heavy atom. The van der Waals surface area contributed by atoms with Gasteiger partial charge in [-0.05, 0) is 60.7 Å². The third-order valence-corrected chi connectivity index (χ3v) is 4.70. The van der Waals surface area contributed by atoms with E-state index in [1.54, 1.807) is 43.5 Å². The van der Waals surface area contributed by atoms with Crippen molar-refractivity contribution < 1.29 is 19.1 Å². The van der Waals surface area contributed by atoms with Crippen molar-refractivity contribution in [2.24, 2.45) is 0 Å². The standard InChI is InChI=1S/C20H16Cl2N2O4S/c1-27-17-6-3-12(9-15(17)18-7-4-13(10-25)28-18)23-20(29)24-19(26)14-5-2-11(21)8-16(14)22/h2-9,25H,10H2,1H3,(H2,23,24,26,29). The first-order chi connectivity index (χ1) is 13.9. The van der Waals surface area contributed by atoms with Crippen molar-refractivity contribution in [3.05, 3.63) is 69.9 Å². The monoisotopic (exact) mass is 450 g/mol. The van der Waals surface area contributed by atoms with Gasteiger partial charge >= 0.3 is 0 Å². The molecule has 150 valence electrons. The van der Waals surface area contributed by atoms with Crippen LogP contribution >= 0.6 is 35.4 Å². The Labute approximate surface area is 182 Å². The van der Waals surface area contributed by atoms with Gasteiger partial charge in [-0.2, -0.15) is 0 Å².